The highest BCUT2D eigenvalue weighted by Gasteiger charge is 2.19. The molecule has 1 aromatic heterocycles. The molecule has 0 aromatic carbocycles. The van der Waals surface area contributed by atoms with Crippen molar-refractivity contribution >= 4 is 21.7 Å². The van der Waals surface area contributed by atoms with E-state index in [1.54, 1.807) is 6.20 Å². The fourth-order valence-electron chi connectivity index (χ4n) is 0.766. The van der Waals surface area contributed by atoms with Crippen LogP contribution >= 0.6 is 15.9 Å². The van der Waals surface area contributed by atoms with Crippen molar-refractivity contribution in [1.82, 2.24) is 10.2 Å². The minimum atomic E-state index is 0.967. The summed E-state index contributed by atoms with van der Waals surface area (Å²) in [6.45, 7) is 2.23. The van der Waals surface area contributed by atoms with E-state index in [2.05, 4.69) is 31.0 Å². The molecule has 0 aliphatic carbocycles. The summed E-state index contributed by atoms with van der Waals surface area (Å²) in [4.78, 5) is 2.15. The summed E-state index contributed by atoms with van der Waals surface area (Å²) >= 11 is 3.33. The van der Waals surface area contributed by atoms with Crippen LogP contribution in [0.25, 0.3) is 0 Å². The van der Waals surface area contributed by atoms with Crippen LogP contribution in [0.3, 0.4) is 0 Å². The molecular formula is C6H6BrN3. The summed E-state index contributed by atoms with van der Waals surface area (Å²) in [6.07, 6.45) is 1.69. The zero-order chi connectivity index (χ0) is 6.97. The molecule has 2 rings (SSSR count). The summed E-state index contributed by atoms with van der Waals surface area (Å²) in [7, 11) is 0. The van der Waals surface area contributed by atoms with Gasteiger partial charge in [-0.3, -0.25) is 0 Å². The van der Waals surface area contributed by atoms with Crippen LogP contribution in [0.1, 0.15) is 0 Å². The predicted molar refractivity (Wildman–Crippen MR) is 41.9 cm³/mol. The molecule has 0 atom stereocenters. The lowest BCUT2D eigenvalue weighted by molar-refractivity contribution is 1.01. The Balaban J connectivity index is 2.32. The van der Waals surface area contributed by atoms with E-state index in [1.165, 1.54) is 0 Å². The largest absolute Gasteiger partial charge is 0.352 e. The Labute approximate surface area is 67.2 Å². The molecule has 0 saturated carbocycles. The quantitative estimate of drug-likeness (QED) is 0.634. The van der Waals surface area contributed by atoms with E-state index in [0.29, 0.717) is 0 Å². The molecule has 1 saturated heterocycles. The van der Waals surface area contributed by atoms with Gasteiger partial charge >= 0.3 is 0 Å². The van der Waals surface area contributed by atoms with Gasteiger partial charge in [0.2, 0.25) is 0 Å². The van der Waals surface area contributed by atoms with Crippen molar-refractivity contribution in [2.75, 3.05) is 18.0 Å². The van der Waals surface area contributed by atoms with Crippen molar-refractivity contribution in [3.05, 3.63) is 16.7 Å². The first-order valence-electron chi connectivity index (χ1n) is 3.09. The van der Waals surface area contributed by atoms with E-state index in [9.17, 15) is 0 Å². The molecule has 1 aliphatic heterocycles. The van der Waals surface area contributed by atoms with Crippen molar-refractivity contribution in [1.29, 1.82) is 0 Å². The second-order valence-corrected chi connectivity index (χ2v) is 3.13. The van der Waals surface area contributed by atoms with Crippen molar-refractivity contribution in [3.8, 4) is 0 Å². The van der Waals surface area contributed by atoms with Gasteiger partial charge in [0, 0.05) is 17.6 Å². The van der Waals surface area contributed by atoms with Crippen LogP contribution in [-0.4, -0.2) is 23.3 Å². The summed E-state index contributed by atoms with van der Waals surface area (Å²) < 4.78 is 0.990. The van der Waals surface area contributed by atoms with Crippen LogP contribution in [0, 0.1) is 0 Å². The highest BCUT2D eigenvalue weighted by Crippen LogP contribution is 2.19. The first-order valence-corrected chi connectivity index (χ1v) is 3.89. The molecule has 1 aromatic rings. The smallest absolute Gasteiger partial charge is 0.152 e. The molecule has 3 nitrogen and oxygen atoms in total. The van der Waals surface area contributed by atoms with Crippen molar-refractivity contribution in [2.24, 2.45) is 0 Å². The zero-order valence-electron chi connectivity index (χ0n) is 5.29. The number of nitrogens with zero attached hydrogens (tertiary/aromatic N) is 3. The summed E-state index contributed by atoms with van der Waals surface area (Å²) in [6, 6.07) is 1.97. The standard InChI is InChI=1S/C6H6BrN3/c7-5-3-6(9-8-4-5)10-1-2-10/h3-4H,1-2H2. The summed E-state index contributed by atoms with van der Waals surface area (Å²) in [5.41, 5.74) is 0. The first kappa shape index (κ1) is 6.09. The number of hydrogen-bond donors (Lipinski definition) is 0. The van der Waals surface area contributed by atoms with E-state index in [1.807, 2.05) is 6.07 Å². The maximum atomic E-state index is 3.95. The Kier molecular flexibility index (Phi) is 1.34. The third-order valence-corrected chi connectivity index (χ3v) is 1.81. The molecule has 0 unspecified atom stereocenters. The lowest BCUT2D eigenvalue weighted by atomic mass is 10.5. The van der Waals surface area contributed by atoms with Crippen LogP contribution in [0.2, 0.25) is 0 Å². The van der Waals surface area contributed by atoms with Gasteiger partial charge in [0.1, 0.15) is 0 Å². The van der Waals surface area contributed by atoms with Crippen molar-refractivity contribution < 1.29 is 0 Å². The Morgan fingerprint density at radius 2 is 2.30 bits per heavy atom. The molecule has 10 heavy (non-hydrogen) atoms. The molecular weight excluding hydrogens is 194 g/mol. The van der Waals surface area contributed by atoms with Gasteiger partial charge in [-0.2, -0.15) is 5.10 Å². The fraction of sp³-hybridized carbons (Fsp3) is 0.333. The molecule has 0 radical (unpaired) electrons. The van der Waals surface area contributed by atoms with Crippen LogP contribution < -0.4 is 4.90 Å². The average Bonchev–Trinajstić information content (AvgIpc) is 2.68. The van der Waals surface area contributed by atoms with Gasteiger partial charge in [0.25, 0.3) is 0 Å². The monoisotopic (exact) mass is 199 g/mol. The number of rotatable bonds is 1. The van der Waals surface area contributed by atoms with E-state index >= 15 is 0 Å². The SMILES string of the molecule is Brc1cnnc(N2CC2)c1. The van der Waals surface area contributed by atoms with Crippen molar-refractivity contribution in [3.63, 3.8) is 0 Å². The molecule has 1 fully saturated rings. The number of anilines is 1. The van der Waals surface area contributed by atoms with Crippen LogP contribution in [0.4, 0.5) is 5.82 Å². The predicted octanol–water partition coefficient (Wildman–Crippen LogP) is 1.06. The molecule has 52 valence electrons. The normalized spacial score (nSPS) is 15.5. The van der Waals surface area contributed by atoms with Gasteiger partial charge in [0.15, 0.2) is 5.82 Å². The minimum Gasteiger partial charge on any atom is -0.352 e. The average molecular weight is 200 g/mol. The van der Waals surface area contributed by atoms with Crippen LogP contribution in [0.15, 0.2) is 16.7 Å². The first-order chi connectivity index (χ1) is 4.86. The minimum absolute atomic E-state index is 0.967. The van der Waals surface area contributed by atoms with Gasteiger partial charge in [-0.25, -0.2) is 0 Å². The Morgan fingerprint density at radius 3 is 2.90 bits per heavy atom. The molecule has 0 spiro atoms. The van der Waals surface area contributed by atoms with E-state index < -0.39 is 0 Å². The summed E-state index contributed by atoms with van der Waals surface area (Å²) in [5.74, 6) is 0.967. The van der Waals surface area contributed by atoms with E-state index in [-0.39, 0.29) is 0 Å². The zero-order valence-corrected chi connectivity index (χ0v) is 6.87. The van der Waals surface area contributed by atoms with Crippen molar-refractivity contribution in [2.45, 2.75) is 0 Å². The second kappa shape index (κ2) is 2.20. The highest BCUT2D eigenvalue weighted by molar-refractivity contribution is 9.10. The van der Waals surface area contributed by atoms with E-state index in [0.717, 1.165) is 23.4 Å². The fourth-order valence-corrected chi connectivity index (χ4v) is 1.06. The highest BCUT2D eigenvalue weighted by atomic mass is 79.9. The van der Waals surface area contributed by atoms with Gasteiger partial charge < -0.3 is 4.90 Å². The molecule has 0 N–H and O–H groups in total. The molecule has 0 bridgehead atoms. The van der Waals surface area contributed by atoms with Gasteiger partial charge in [-0.15, -0.1) is 5.10 Å². The molecule has 2 heterocycles. The molecule has 1 aliphatic rings. The molecule has 4 heteroatoms. The Bertz CT molecular complexity index is 247. The topological polar surface area (TPSA) is 28.8 Å². The number of halogens is 1. The second-order valence-electron chi connectivity index (χ2n) is 2.22. The Hall–Kier alpha value is -0.640. The van der Waals surface area contributed by atoms with E-state index in [4.69, 9.17) is 0 Å². The third kappa shape index (κ3) is 1.11. The van der Waals surface area contributed by atoms with Crippen LogP contribution in [0.5, 0.6) is 0 Å². The Morgan fingerprint density at radius 1 is 1.50 bits per heavy atom. The number of aromatic nitrogens is 2. The van der Waals surface area contributed by atoms with Gasteiger partial charge in [-0.1, -0.05) is 0 Å². The maximum Gasteiger partial charge on any atom is 0.152 e. The summed E-state index contributed by atoms with van der Waals surface area (Å²) in [5, 5.41) is 7.75. The van der Waals surface area contributed by atoms with Gasteiger partial charge in [-0.05, 0) is 22.0 Å². The van der Waals surface area contributed by atoms with Gasteiger partial charge in [0.05, 0.1) is 6.20 Å². The van der Waals surface area contributed by atoms with Crippen LogP contribution in [-0.2, 0) is 0 Å². The number of hydrogen-bond acceptors (Lipinski definition) is 3. The third-order valence-electron chi connectivity index (χ3n) is 1.38. The lowest BCUT2D eigenvalue weighted by Gasteiger charge is -1.97. The maximum absolute atomic E-state index is 3.95. The molecule has 0 amide bonds. The lowest BCUT2D eigenvalue weighted by Crippen LogP contribution is -1.95.